The highest BCUT2D eigenvalue weighted by molar-refractivity contribution is 6.53. The molecule has 1 aromatic heterocycles. The highest BCUT2D eigenvalue weighted by Crippen LogP contribution is 2.37. The molecule has 0 spiro atoms. The highest BCUT2D eigenvalue weighted by atomic mass is 35.5. The summed E-state index contributed by atoms with van der Waals surface area (Å²) in [6.45, 7) is 0. The zero-order valence-corrected chi connectivity index (χ0v) is 12.3. The molecule has 4 rings (SSSR count). The first-order chi connectivity index (χ1) is 10.8. The van der Waals surface area contributed by atoms with Crippen LogP contribution in [0.5, 0.6) is 0 Å². The van der Waals surface area contributed by atoms with Crippen LogP contribution in [0.2, 0.25) is 5.15 Å². The third-order valence-electron chi connectivity index (χ3n) is 3.81. The number of benzene rings is 2. The van der Waals surface area contributed by atoms with Crippen LogP contribution in [0.1, 0.15) is 11.1 Å². The van der Waals surface area contributed by atoms with Gasteiger partial charge in [0.15, 0.2) is 6.29 Å². The SMILES string of the molecule is O=CC1=Nc2ccccc2C1=Cc1c(Cl)[nH]c2ccccc12. The summed E-state index contributed by atoms with van der Waals surface area (Å²) in [4.78, 5) is 18.9. The molecular weight excluding hydrogens is 296 g/mol. The van der Waals surface area contributed by atoms with Gasteiger partial charge in [-0.2, -0.15) is 0 Å². The molecule has 0 unspecified atom stereocenters. The first-order valence-corrected chi connectivity index (χ1v) is 7.27. The van der Waals surface area contributed by atoms with Crippen LogP contribution in [0.3, 0.4) is 0 Å². The number of nitrogens with zero attached hydrogens (tertiary/aromatic N) is 1. The van der Waals surface area contributed by atoms with E-state index in [-0.39, 0.29) is 0 Å². The van der Waals surface area contributed by atoms with E-state index < -0.39 is 0 Å². The van der Waals surface area contributed by atoms with Crippen LogP contribution in [0.4, 0.5) is 5.69 Å². The Balaban J connectivity index is 1.97. The summed E-state index contributed by atoms with van der Waals surface area (Å²) in [6, 6.07) is 15.6. The number of halogens is 1. The lowest BCUT2D eigenvalue weighted by molar-refractivity contribution is -0.102. The van der Waals surface area contributed by atoms with E-state index in [1.807, 2.05) is 54.6 Å². The number of aromatic nitrogens is 1. The number of fused-ring (bicyclic) bond motifs is 2. The Morgan fingerprint density at radius 1 is 1.05 bits per heavy atom. The summed E-state index contributed by atoms with van der Waals surface area (Å²) >= 11 is 6.34. The maximum atomic E-state index is 11.4. The Morgan fingerprint density at radius 2 is 1.82 bits per heavy atom. The van der Waals surface area contributed by atoms with Crippen molar-refractivity contribution in [3.05, 3.63) is 64.8 Å². The number of carbonyl (C=O) groups excluding carboxylic acids is 1. The van der Waals surface area contributed by atoms with E-state index in [9.17, 15) is 4.79 Å². The summed E-state index contributed by atoms with van der Waals surface area (Å²) in [5.41, 5.74) is 4.84. The number of aromatic amines is 1. The molecule has 2 aromatic carbocycles. The van der Waals surface area contributed by atoms with Crippen molar-refractivity contribution in [3.8, 4) is 0 Å². The molecule has 3 aromatic rings. The number of hydrogen-bond donors (Lipinski definition) is 1. The zero-order valence-electron chi connectivity index (χ0n) is 11.5. The number of aliphatic imine (C=N–C) groups is 1. The molecule has 4 heteroatoms. The van der Waals surface area contributed by atoms with Crippen molar-refractivity contribution in [3.63, 3.8) is 0 Å². The molecule has 0 radical (unpaired) electrons. The minimum atomic E-state index is 0.433. The molecule has 0 bridgehead atoms. The van der Waals surface area contributed by atoms with E-state index in [4.69, 9.17) is 11.6 Å². The van der Waals surface area contributed by atoms with E-state index in [2.05, 4.69) is 9.98 Å². The average molecular weight is 307 g/mol. The predicted molar refractivity (Wildman–Crippen MR) is 90.8 cm³/mol. The molecule has 0 fully saturated rings. The molecule has 0 atom stereocenters. The van der Waals surface area contributed by atoms with Crippen molar-refractivity contribution in [2.75, 3.05) is 0 Å². The van der Waals surface area contributed by atoms with Crippen molar-refractivity contribution in [2.24, 2.45) is 4.99 Å². The normalized spacial score (nSPS) is 15.1. The summed E-state index contributed by atoms with van der Waals surface area (Å²) in [5, 5.41) is 1.58. The number of allylic oxidation sites excluding steroid dienone is 1. The standard InChI is InChI=1S/C18H11ClN2O/c19-18-14(12-6-2-4-8-16(12)21-18)9-13-11-5-1-3-7-15(11)20-17(13)10-22/h1-10,21H. The van der Waals surface area contributed by atoms with Gasteiger partial charge in [-0.15, -0.1) is 0 Å². The smallest absolute Gasteiger partial charge is 0.169 e. The Labute approximate surface area is 132 Å². The minimum absolute atomic E-state index is 0.433. The van der Waals surface area contributed by atoms with Crippen LogP contribution in [0, 0.1) is 0 Å². The molecular formula is C18H11ClN2O. The molecule has 22 heavy (non-hydrogen) atoms. The molecule has 0 saturated heterocycles. The lowest BCUT2D eigenvalue weighted by atomic mass is 10.0. The van der Waals surface area contributed by atoms with Gasteiger partial charge in [0.2, 0.25) is 0 Å². The molecule has 2 heterocycles. The third kappa shape index (κ3) is 1.90. The second-order valence-electron chi connectivity index (χ2n) is 5.09. The zero-order chi connectivity index (χ0) is 15.1. The monoisotopic (exact) mass is 306 g/mol. The fraction of sp³-hybridized carbons (Fsp3) is 0. The van der Waals surface area contributed by atoms with Gasteiger partial charge in [-0.05, 0) is 18.2 Å². The van der Waals surface area contributed by atoms with E-state index in [0.29, 0.717) is 10.9 Å². The number of H-pyrrole nitrogens is 1. The molecule has 1 aliphatic heterocycles. The molecule has 0 amide bonds. The number of carbonyl (C=O) groups is 1. The van der Waals surface area contributed by atoms with Gasteiger partial charge in [-0.1, -0.05) is 48.0 Å². The lowest BCUT2D eigenvalue weighted by Crippen LogP contribution is -1.97. The summed E-state index contributed by atoms with van der Waals surface area (Å²) < 4.78 is 0. The first kappa shape index (κ1) is 13.0. The molecule has 0 aliphatic carbocycles. The third-order valence-corrected chi connectivity index (χ3v) is 4.11. The number of nitrogens with one attached hydrogen (secondary N) is 1. The Morgan fingerprint density at radius 3 is 2.68 bits per heavy atom. The largest absolute Gasteiger partial charge is 0.345 e. The lowest BCUT2D eigenvalue weighted by Gasteiger charge is -2.01. The minimum Gasteiger partial charge on any atom is -0.345 e. The van der Waals surface area contributed by atoms with Gasteiger partial charge >= 0.3 is 0 Å². The number of hydrogen-bond acceptors (Lipinski definition) is 2. The van der Waals surface area contributed by atoms with Gasteiger partial charge in [0, 0.05) is 27.6 Å². The van der Waals surface area contributed by atoms with E-state index >= 15 is 0 Å². The van der Waals surface area contributed by atoms with Gasteiger partial charge in [0.1, 0.15) is 10.9 Å². The van der Waals surface area contributed by atoms with Crippen molar-refractivity contribution < 1.29 is 4.79 Å². The van der Waals surface area contributed by atoms with Crippen molar-refractivity contribution in [2.45, 2.75) is 0 Å². The predicted octanol–water partition coefficient (Wildman–Crippen LogP) is 4.65. The molecule has 3 nitrogen and oxygen atoms in total. The Bertz CT molecular complexity index is 966. The topological polar surface area (TPSA) is 45.2 Å². The number of para-hydroxylation sites is 2. The summed E-state index contributed by atoms with van der Waals surface area (Å²) in [7, 11) is 0. The van der Waals surface area contributed by atoms with Crippen molar-refractivity contribution >= 4 is 51.8 Å². The van der Waals surface area contributed by atoms with E-state index in [1.165, 1.54) is 0 Å². The number of rotatable bonds is 2. The quantitative estimate of drug-likeness (QED) is 0.688. The fourth-order valence-corrected chi connectivity index (χ4v) is 3.04. The van der Waals surface area contributed by atoms with E-state index in [0.717, 1.165) is 39.6 Å². The van der Waals surface area contributed by atoms with Gasteiger partial charge in [-0.3, -0.25) is 4.79 Å². The van der Waals surface area contributed by atoms with Crippen LogP contribution in [-0.2, 0) is 4.79 Å². The van der Waals surface area contributed by atoms with Gasteiger partial charge in [0.05, 0.1) is 5.69 Å². The van der Waals surface area contributed by atoms with Crippen molar-refractivity contribution in [1.82, 2.24) is 4.98 Å². The average Bonchev–Trinajstić information content (AvgIpc) is 3.06. The molecule has 1 N–H and O–H groups in total. The molecule has 1 aliphatic rings. The van der Waals surface area contributed by atoms with Crippen LogP contribution < -0.4 is 0 Å². The van der Waals surface area contributed by atoms with Crippen LogP contribution in [0.15, 0.2) is 53.5 Å². The van der Waals surface area contributed by atoms with Gasteiger partial charge in [0.25, 0.3) is 0 Å². The van der Waals surface area contributed by atoms with Crippen LogP contribution in [-0.4, -0.2) is 17.0 Å². The van der Waals surface area contributed by atoms with Gasteiger partial charge in [-0.25, -0.2) is 4.99 Å². The second-order valence-corrected chi connectivity index (χ2v) is 5.47. The summed E-state index contributed by atoms with van der Waals surface area (Å²) in [5.74, 6) is 0. The molecule has 106 valence electrons. The Kier molecular flexibility index (Phi) is 2.94. The fourth-order valence-electron chi connectivity index (χ4n) is 2.78. The molecule has 0 saturated carbocycles. The van der Waals surface area contributed by atoms with Crippen molar-refractivity contribution in [1.29, 1.82) is 0 Å². The van der Waals surface area contributed by atoms with E-state index in [1.54, 1.807) is 0 Å². The summed E-state index contributed by atoms with van der Waals surface area (Å²) in [6.07, 6.45) is 2.72. The maximum Gasteiger partial charge on any atom is 0.169 e. The van der Waals surface area contributed by atoms with Gasteiger partial charge < -0.3 is 4.98 Å². The first-order valence-electron chi connectivity index (χ1n) is 6.89. The van der Waals surface area contributed by atoms with Crippen LogP contribution >= 0.6 is 11.6 Å². The maximum absolute atomic E-state index is 11.4. The number of aldehydes is 1. The Hall–Kier alpha value is -2.65. The second kappa shape index (κ2) is 4.97. The van der Waals surface area contributed by atoms with Crippen LogP contribution in [0.25, 0.3) is 22.6 Å². The highest BCUT2D eigenvalue weighted by Gasteiger charge is 2.21.